The van der Waals surface area contributed by atoms with E-state index in [-0.39, 0.29) is 24.4 Å². The number of benzene rings is 1. The molecule has 3 aromatic rings. The molecule has 0 unspecified atom stereocenters. The van der Waals surface area contributed by atoms with E-state index in [2.05, 4.69) is 41.2 Å². The molecular formula is C16H15BrFN5O3. The highest BCUT2D eigenvalue weighted by atomic mass is 79.9. The van der Waals surface area contributed by atoms with Crippen molar-refractivity contribution in [3.05, 3.63) is 40.4 Å². The Labute approximate surface area is 156 Å². The lowest BCUT2D eigenvalue weighted by molar-refractivity contribution is 0.222. The minimum Gasteiger partial charge on any atom is -0.487 e. The van der Waals surface area contributed by atoms with Crippen LogP contribution in [0.15, 0.2) is 33.3 Å². The fraction of sp³-hybridized carbons (Fsp3) is 0.312. The first-order chi connectivity index (χ1) is 12.6. The van der Waals surface area contributed by atoms with Crippen LogP contribution in [0.5, 0.6) is 5.75 Å². The molecule has 0 saturated carbocycles. The predicted molar refractivity (Wildman–Crippen MR) is 93.1 cm³/mol. The van der Waals surface area contributed by atoms with Crippen LogP contribution >= 0.6 is 15.9 Å². The van der Waals surface area contributed by atoms with Gasteiger partial charge in [0.25, 0.3) is 5.89 Å². The number of rotatable bonds is 5. The van der Waals surface area contributed by atoms with Gasteiger partial charge in [0.05, 0.1) is 11.0 Å². The van der Waals surface area contributed by atoms with E-state index < -0.39 is 0 Å². The molecule has 1 saturated heterocycles. The zero-order chi connectivity index (χ0) is 18.1. The Morgan fingerprint density at radius 1 is 1.42 bits per heavy atom. The van der Waals surface area contributed by atoms with Crippen molar-refractivity contribution in [2.75, 3.05) is 18.0 Å². The van der Waals surface area contributed by atoms with Gasteiger partial charge in [-0.3, -0.25) is 5.10 Å². The van der Waals surface area contributed by atoms with Gasteiger partial charge in [-0.1, -0.05) is 5.16 Å². The number of H-pyrrole nitrogens is 1. The van der Waals surface area contributed by atoms with Crippen molar-refractivity contribution in [3.63, 3.8) is 0 Å². The Hall–Kier alpha value is -2.46. The number of nitrogens with one attached hydrogen (secondary N) is 1. The van der Waals surface area contributed by atoms with Gasteiger partial charge in [-0.2, -0.15) is 10.1 Å². The van der Waals surface area contributed by atoms with Crippen molar-refractivity contribution in [2.45, 2.75) is 19.1 Å². The van der Waals surface area contributed by atoms with E-state index in [1.807, 2.05) is 6.07 Å². The lowest BCUT2D eigenvalue weighted by atomic mass is 10.3. The van der Waals surface area contributed by atoms with Gasteiger partial charge >= 0.3 is 0 Å². The lowest BCUT2D eigenvalue weighted by Crippen LogP contribution is -2.24. The number of halogens is 2. The normalized spacial score (nSPS) is 17.0. The summed E-state index contributed by atoms with van der Waals surface area (Å²) in [4.78, 5) is 6.11. The van der Waals surface area contributed by atoms with Gasteiger partial charge in [0.15, 0.2) is 5.82 Å². The molecule has 0 aliphatic carbocycles. The first-order valence-corrected chi connectivity index (χ1v) is 8.77. The summed E-state index contributed by atoms with van der Waals surface area (Å²) in [7, 11) is 0. The molecule has 26 heavy (non-hydrogen) atoms. The SMILES string of the molecule is OCc1nc(-c2cc(N3CC[C@H](Oc4cc(F)ccc4Br)C3)n[nH]2)no1. The largest absolute Gasteiger partial charge is 0.487 e. The van der Waals surface area contributed by atoms with Crippen LogP contribution in [0.2, 0.25) is 0 Å². The Morgan fingerprint density at radius 3 is 3.12 bits per heavy atom. The number of aromatic nitrogens is 4. The fourth-order valence-electron chi connectivity index (χ4n) is 2.80. The molecule has 8 nitrogen and oxygen atoms in total. The smallest absolute Gasteiger partial charge is 0.252 e. The molecule has 1 aliphatic heterocycles. The van der Waals surface area contributed by atoms with Crippen molar-refractivity contribution >= 4 is 21.7 Å². The van der Waals surface area contributed by atoms with Gasteiger partial charge in [-0.05, 0) is 28.1 Å². The summed E-state index contributed by atoms with van der Waals surface area (Å²) in [5.41, 5.74) is 0.598. The second-order valence-electron chi connectivity index (χ2n) is 5.86. The number of aromatic amines is 1. The van der Waals surface area contributed by atoms with Crippen molar-refractivity contribution < 1.29 is 18.8 Å². The second kappa shape index (κ2) is 7.04. The predicted octanol–water partition coefficient (Wildman–Crippen LogP) is 2.51. The highest BCUT2D eigenvalue weighted by Crippen LogP contribution is 2.29. The Morgan fingerprint density at radius 2 is 2.31 bits per heavy atom. The molecular weight excluding hydrogens is 409 g/mol. The van der Waals surface area contributed by atoms with Gasteiger partial charge in [0, 0.05) is 25.1 Å². The molecule has 2 N–H and O–H groups in total. The molecule has 1 atom stereocenters. The maximum atomic E-state index is 13.4. The highest BCUT2D eigenvalue weighted by Gasteiger charge is 2.27. The van der Waals surface area contributed by atoms with E-state index >= 15 is 0 Å². The van der Waals surface area contributed by atoms with Crippen LogP contribution in [0.1, 0.15) is 12.3 Å². The fourth-order valence-corrected chi connectivity index (χ4v) is 3.14. The first kappa shape index (κ1) is 17.0. The van der Waals surface area contributed by atoms with Crippen LogP contribution in [-0.2, 0) is 6.61 Å². The minimum absolute atomic E-state index is 0.0700. The summed E-state index contributed by atoms with van der Waals surface area (Å²) >= 11 is 3.37. The molecule has 0 bridgehead atoms. The molecule has 3 heterocycles. The van der Waals surface area contributed by atoms with Gasteiger partial charge in [0.2, 0.25) is 5.82 Å². The van der Waals surface area contributed by atoms with E-state index in [0.717, 1.165) is 23.3 Å². The van der Waals surface area contributed by atoms with Gasteiger partial charge < -0.3 is 19.3 Å². The van der Waals surface area contributed by atoms with Crippen molar-refractivity contribution in [2.24, 2.45) is 0 Å². The van der Waals surface area contributed by atoms with E-state index in [1.165, 1.54) is 12.1 Å². The quantitative estimate of drug-likeness (QED) is 0.649. The van der Waals surface area contributed by atoms with Gasteiger partial charge in [0.1, 0.15) is 30.0 Å². The van der Waals surface area contributed by atoms with E-state index in [1.54, 1.807) is 6.07 Å². The Bertz CT molecular complexity index is 915. The monoisotopic (exact) mass is 423 g/mol. The lowest BCUT2D eigenvalue weighted by Gasteiger charge is -2.17. The van der Waals surface area contributed by atoms with E-state index in [0.29, 0.717) is 23.8 Å². The first-order valence-electron chi connectivity index (χ1n) is 7.98. The van der Waals surface area contributed by atoms with E-state index in [4.69, 9.17) is 14.4 Å². The third-order valence-corrected chi connectivity index (χ3v) is 4.72. The number of aliphatic hydroxyl groups is 1. The summed E-state index contributed by atoms with van der Waals surface area (Å²) in [5, 5.41) is 19.9. The molecule has 1 aromatic carbocycles. The molecule has 1 fully saturated rings. The number of aliphatic hydroxyl groups excluding tert-OH is 1. The van der Waals surface area contributed by atoms with Crippen molar-refractivity contribution in [1.29, 1.82) is 0 Å². The second-order valence-corrected chi connectivity index (χ2v) is 6.71. The number of ether oxygens (including phenoxy) is 1. The average Bonchev–Trinajstić information content (AvgIpc) is 3.37. The topological polar surface area (TPSA) is 100 Å². The molecule has 0 amide bonds. The maximum Gasteiger partial charge on any atom is 0.252 e. The zero-order valence-corrected chi connectivity index (χ0v) is 15.1. The zero-order valence-electron chi connectivity index (χ0n) is 13.5. The summed E-state index contributed by atoms with van der Waals surface area (Å²) in [5.74, 6) is 1.37. The minimum atomic E-state index is -0.336. The van der Waals surface area contributed by atoms with Gasteiger partial charge in [-0.25, -0.2) is 4.39 Å². The van der Waals surface area contributed by atoms with Crippen LogP contribution < -0.4 is 9.64 Å². The number of anilines is 1. The van der Waals surface area contributed by atoms with Crippen molar-refractivity contribution in [3.8, 4) is 17.3 Å². The van der Waals surface area contributed by atoms with Crippen LogP contribution in [0.3, 0.4) is 0 Å². The van der Waals surface area contributed by atoms with Crippen LogP contribution in [0.25, 0.3) is 11.5 Å². The molecule has 10 heteroatoms. The summed E-state index contributed by atoms with van der Waals surface area (Å²) in [6.45, 7) is 1.08. The molecule has 136 valence electrons. The Balaban J connectivity index is 1.43. The Kier molecular flexibility index (Phi) is 4.60. The maximum absolute atomic E-state index is 13.4. The standard InChI is InChI=1S/C16H15BrFN5O3/c17-11-2-1-9(18)5-13(11)25-10-3-4-23(7-10)14-6-12(20-21-14)16-19-15(8-24)26-22-16/h1-2,5-6,10,24H,3-4,7-8H2,(H,20,21)/t10-/m0/s1. The third kappa shape index (κ3) is 3.42. The van der Waals surface area contributed by atoms with Crippen LogP contribution in [0, 0.1) is 5.82 Å². The van der Waals surface area contributed by atoms with Crippen LogP contribution in [-0.4, -0.2) is 44.6 Å². The number of nitrogens with zero attached hydrogens (tertiary/aromatic N) is 4. The van der Waals surface area contributed by atoms with E-state index in [9.17, 15) is 4.39 Å². The third-order valence-electron chi connectivity index (χ3n) is 4.06. The molecule has 0 radical (unpaired) electrons. The molecule has 2 aromatic heterocycles. The average molecular weight is 424 g/mol. The highest BCUT2D eigenvalue weighted by molar-refractivity contribution is 9.10. The van der Waals surface area contributed by atoms with Gasteiger partial charge in [-0.15, -0.1) is 0 Å². The van der Waals surface area contributed by atoms with Crippen LogP contribution in [0.4, 0.5) is 10.2 Å². The molecule has 4 rings (SSSR count). The number of hydrogen-bond acceptors (Lipinski definition) is 7. The van der Waals surface area contributed by atoms with Crippen molar-refractivity contribution in [1.82, 2.24) is 20.3 Å². The molecule has 1 aliphatic rings. The summed E-state index contributed by atoms with van der Waals surface area (Å²) in [6, 6.07) is 6.19. The summed E-state index contributed by atoms with van der Waals surface area (Å²) in [6.07, 6.45) is 0.724. The summed E-state index contributed by atoms with van der Waals surface area (Å²) < 4.78 is 24.9. The molecule has 0 spiro atoms. The number of hydrogen-bond donors (Lipinski definition) is 2.